The molecule has 1 aromatic heterocycles. The highest BCUT2D eigenvalue weighted by Crippen LogP contribution is 2.19. The normalized spacial score (nSPS) is 18.6. The Balaban J connectivity index is 1.93. The van der Waals surface area contributed by atoms with Crippen LogP contribution >= 0.6 is 11.3 Å². The highest BCUT2D eigenvalue weighted by Gasteiger charge is 2.24. The molecule has 0 unspecified atom stereocenters. The Morgan fingerprint density at radius 1 is 1.67 bits per heavy atom. The van der Waals surface area contributed by atoms with Gasteiger partial charge >= 0.3 is 5.97 Å². The van der Waals surface area contributed by atoms with Crippen LogP contribution in [0.25, 0.3) is 0 Å². The molecule has 1 fully saturated rings. The summed E-state index contributed by atoms with van der Waals surface area (Å²) in [6.07, 6.45) is 1.21. The minimum atomic E-state index is -0.480. The summed E-state index contributed by atoms with van der Waals surface area (Å²) >= 11 is 1.19. The quantitative estimate of drug-likeness (QED) is 0.838. The van der Waals surface area contributed by atoms with E-state index in [4.69, 9.17) is 9.47 Å². The van der Waals surface area contributed by atoms with Crippen molar-refractivity contribution in [3.8, 4) is 0 Å². The van der Waals surface area contributed by atoms with Crippen LogP contribution in [0, 0.1) is 0 Å². The van der Waals surface area contributed by atoms with Crippen LogP contribution in [0.2, 0.25) is 0 Å². The van der Waals surface area contributed by atoms with Gasteiger partial charge in [-0.05, 0) is 19.8 Å². The average molecular weight is 270 g/mol. The number of ether oxygens (including phenoxy) is 2. The van der Waals surface area contributed by atoms with Crippen molar-refractivity contribution in [2.24, 2.45) is 0 Å². The molecular formula is C11H14N2O4S. The molecular weight excluding hydrogens is 256 g/mol. The number of hydrogen-bond donors (Lipinski definition) is 1. The van der Waals surface area contributed by atoms with Gasteiger partial charge < -0.3 is 9.47 Å². The minimum absolute atomic E-state index is 0.211. The number of carbonyl (C=O) groups excluding carboxylic acids is 2. The first-order chi connectivity index (χ1) is 8.70. The van der Waals surface area contributed by atoms with Crippen molar-refractivity contribution in [1.29, 1.82) is 0 Å². The predicted molar refractivity (Wildman–Crippen MR) is 65.7 cm³/mol. The monoisotopic (exact) mass is 270 g/mol. The van der Waals surface area contributed by atoms with E-state index < -0.39 is 12.1 Å². The summed E-state index contributed by atoms with van der Waals surface area (Å²) in [5, 5.41) is 4.58. The van der Waals surface area contributed by atoms with Gasteiger partial charge in [-0.3, -0.25) is 10.1 Å². The van der Waals surface area contributed by atoms with E-state index in [1.165, 1.54) is 11.3 Å². The lowest BCUT2D eigenvalue weighted by Gasteiger charge is -2.07. The van der Waals surface area contributed by atoms with Gasteiger partial charge in [0.25, 0.3) is 5.91 Å². The number of amides is 1. The van der Waals surface area contributed by atoms with E-state index in [1.54, 1.807) is 12.3 Å². The van der Waals surface area contributed by atoms with Crippen molar-refractivity contribution in [2.45, 2.75) is 25.9 Å². The van der Waals surface area contributed by atoms with E-state index in [-0.39, 0.29) is 11.6 Å². The van der Waals surface area contributed by atoms with Gasteiger partial charge in [0.05, 0.1) is 6.61 Å². The van der Waals surface area contributed by atoms with Crippen LogP contribution < -0.4 is 5.32 Å². The van der Waals surface area contributed by atoms with Crippen LogP contribution in [0.4, 0.5) is 5.13 Å². The summed E-state index contributed by atoms with van der Waals surface area (Å²) in [6, 6.07) is 0. The molecule has 0 spiro atoms. The third-order valence-electron chi connectivity index (χ3n) is 2.44. The molecule has 1 amide bonds. The summed E-state index contributed by atoms with van der Waals surface area (Å²) in [4.78, 5) is 27.1. The Hall–Kier alpha value is -1.47. The summed E-state index contributed by atoms with van der Waals surface area (Å²) in [6.45, 7) is 2.64. The first-order valence-electron chi connectivity index (χ1n) is 5.76. The number of aromatic nitrogens is 1. The zero-order valence-electron chi connectivity index (χ0n) is 9.97. The maximum Gasteiger partial charge on any atom is 0.357 e. The van der Waals surface area contributed by atoms with E-state index in [2.05, 4.69) is 10.3 Å². The lowest BCUT2D eigenvalue weighted by Crippen LogP contribution is -2.26. The molecule has 1 atom stereocenters. The number of thiazole rings is 1. The van der Waals surface area contributed by atoms with E-state index in [0.29, 0.717) is 18.3 Å². The minimum Gasteiger partial charge on any atom is -0.461 e. The van der Waals surface area contributed by atoms with E-state index in [9.17, 15) is 9.59 Å². The van der Waals surface area contributed by atoms with Crippen molar-refractivity contribution >= 4 is 28.3 Å². The largest absolute Gasteiger partial charge is 0.461 e. The zero-order chi connectivity index (χ0) is 13.0. The van der Waals surface area contributed by atoms with E-state index >= 15 is 0 Å². The second-order valence-corrected chi connectivity index (χ2v) is 4.61. The third-order valence-corrected chi connectivity index (χ3v) is 3.20. The second-order valence-electron chi connectivity index (χ2n) is 3.75. The molecule has 18 heavy (non-hydrogen) atoms. The fourth-order valence-corrected chi connectivity index (χ4v) is 2.28. The van der Waals surface area contributed by atoms with Gasteiger partial charge in [-0.15, -0.1) is 11.3 Å². The number of hydrogen-bond acceptors (Lipinski definition) is 6. The fraction of sp³-hybridized carbons (Fsp3) is 0.545. The number of nitrogens with one attached hydrogen (secondary N) is 1. The molecule has 1 N–H and O–H groups in total. The van der Waals surface area contributed by atoms with Crippen LogP contribution in [0.3, 0.4) is 0 Å². The Labute approximate surface area is 108 Å². The van der Waals surface area contributed by atoms with E-state index in [0.717, 1.165) is 12.8 Å². The molecule has 0 aliphatic carbocycles. The molecule has 0 saturated carbocycles. The van der Waals surface area contributed by atoms with Gasteiger partial charge in [0.1, 0.15) is 6.10 Å². The van der Waals surface area contributed by atoms with Gasteiger partial charge in [0.15, 0.2) is 10.8 Å². The number of anilines is 1. The smallest absolute Gasteiger partial charge is 0.357 e. The standard InChI is InChI=1S/C11H14N2O4S/c1-2-16-10(15)7-6-18-11(12-7)13-9(14)8-4-3-5-17-8/h6,8H,2-5H2,1H3,(H,12,13,14)/t8-/m0/s1. The van der Waals surface area contributed by atoms with Gasteiger partial charge in [-0.2, -0.15) is 0 Å². The maximum atomic E-state index is 11.7. The van der Waals surface area contributed by atoms with E-state index in [1.807, 2.05) is 0 Å². The summed E-state index contributed by atoms with van der Waals surface area (Å²) in [7, 11) is 0. The van der Waals surface area contributed by atoms with Crippen molar-refractivity contribution in [3.63, 3.8) is 0 Å². The molecule has 0 radical (unpaired) electrons. The fourth-order valence-electron chi connectivity index (χ4n) is 1.60. The first-order valence-corrected chi connectivity index (χ1v) is 6.63. The molecule has 6 nitrogen and oxygen atoms in total. The molecule has 1 aliphatic rings. The summed E-state index contributed by atoms with van der Waals surface area (Å²) in [5.41, 5.74) is 0.212. The van der Waals surface area contributed by atoms with Crippen molar-refractivity contribution in [3.05, 3.63) is 11.1 Å². The third kappa shape index (κ3) is 3.05. The van der Waals surface area contributed by atoms with Crippen LogP contribution in [0.15, 0.2) is 5.38 Å². The lowest BCUT2D eigenvalue weighted by molar-refractivity contribution is -0.124. The Kier molecular flexibility index (Phi) is 4.27. The Morgan fingerprint density at radius 2 is 2.50 bits per heavy atom. The van der Waals surface area contributed by atoms with Crippen LogP contribution in [0.1, 0.15) is 30.3 Å². The highest BCUT2D eigenvalue weighted by molar-refractivity contribution is 7.14. The number of nitrogens with zero attached hydrogens (tertiary/aromatic N) is 1. The molecule has 7 heteroatoms. The van der Waals surface area contributed by atoms with Crippen molar-refractivity contribution in [2.75, 3.05) is 18.5 Å². The molecule has 2 rings (SSSR count). The lowest BCUT2D eigenvalue weighted by atomic mass is 10.2. The SMILES string of the molecule is CCOC(=O)c1csc(NC(=O)[C@@H]2CCCO2)n1. The molecule has 2 heterocycles. The first kappa shape index (κ1) is 13.0. The van der Waals surface area contributed by atoms with Gasteiger partial charge in [-0.25, -0.2) is 9.78 Å². The molecule has 0 bridgehead atoms. The van der Waals surface area contributed by atoms with Crippen molar-refractivity contribution < 1.29 is 19.1 Å². The van der Waals surface area contributed by atoms with Gasteiger partial charge in [0.2, 0.25) is 0 Å². The molecule has 1 saturated heterocycles. The second kappa shape index (κ2) is 5.92. The maximum absolute atomic E-state index is 11.7. The number of rotatable bonds is 4. The molecule has 98 valence electrons. The predicted octanol–water partition coefficient (Wildman–Crippen LogP) is 1.44. The zero-order valence-corrected chi connectivity index (χ0v) is 10.8. The number of esters is 1. The Bertz CT molecular complexity index is 440. The van der Waals surface area contributed by atoms with Gasteiger partial charge in [0, 0.05) is 12.0 Å². The van der Waals surface area contributed by atoms with Crippen LogP contribution in [-0.4, -0.2) is 36.2 Å². The summed E-state index contributed by atoms with van der Waals surface area (Å²) in [5.74, 6) is -0.691. The van der Waals surface area contributed by atoms with Gasteiger partial charge in [-0.1, -0.05) is 0 Å². The van der Waals surface area contributed by atoms with Crippen LogP contribution in [0.5, 0.6) is 0 Å². The van der Waals surface area contributed by atoms with Crippen molar-refractivity contribution in [1.82, 2.24) is 4.98 Å². The summed E-state index contributed by atoms with van der Waals surface area (Å²) < 4.78 is 10.1. The van der Waals surface area contributed by atoms with Crippen LogP contribution in [-0.2, 0) is 14.3 Å². The molecule has 0 aromatic carbocycles. The average Bonchev–Trinajstić information content (AvgIpc) is 2.99. The highest BCUT2D eigenvalue weighted by atomic mass is 32.1. The molecule has 1 aliphatic heterocycles. The number of carbonyl (C=O) groups is 2. The topological polar surface area (TPSA) is 77.5 Å². The molecule has 1 aromatic rings. The Morgan fingerprint density at radius 3 is 3.17 bits per heavy atom.